The molecule has 1 saturated heterocycles. The molecule has 0 amide bonds. The Morgan fingerprint density at radius 2 is 1.88 bits per heavy atom. The van der Waals surface area contributed by atoms with Crippen molar-refractivity contribution in [2.45, 2.75) is 32.2 Å². The molecular formula is C19H26N6. The molecule has 1 N–H and O–H groups in total. The summed E-state index contributed by atoms with van der Waals surface area (Å²) in [7, 11) is 0. The van der Waals surface area contributed by atoms with E-state index in [9.17, 15) is 0 Å². The van der Waals surface area contributed by atoms with E-state index in [4.69, 9.17) is 0 Å². The molecule has 1 saturated carbocycles. The fourth-order valence-electron chi connectivity index (χ4n) is 3.24. The number of hydrogen-bond acceptors (Lipinski definition) is 6. The van der Waals surface area contributed by atoms with Gasteiger partial charge in [-0.15, -0.1) is 0 Å². The third-order valence-electron chi connectivity index (χ3n) is 5.04. The second-order valence-electron chi connectivity index (χ2n) is 6.87. The van der Waals surface area contributed by atoms with Gasteiger partial charge in [-0.25, -0.2) is 15.0 Å². The van der Waals surface area contributed by atoms with E-state index in [1.807, 2.05) is 18.5 Å². The third-order valence-corrected chi connectivity index (χ3v) is 5.04. The second-order valence-corrected chi connectivity index (χ2v) is 6.87. The maximum Gasteiger partial charge on any atom is 0.133 e. The van der Waals surface area contributed by atoms with Gasteiger partial charge in [0, 0.05) is 51.0 Å². The zero-order chi connectivity index (χ0) is 17.1. The van der Waals surface area contributed by atoms with Crippen LogP contribution in [0, 0.1) is 0 Å². The number of aromatic nitrogens is 3. The molecule has 0 spiro atoms. The molecule has 0 aromatic carbocycles. The van der Waals surface area contributed by atoms with Crippen LogP contribution in [0.4, 0.5) is 11.6 Å². The number of pyridine rings is 1. The van der Waals surface area contributed by atoms with Gasteiger partial charge in [0.2, 0.25) is 0 Å². The van der Waals surface area contributed by atoms with E-state index < -0.39 is 0 Å². The summed E-state index contributed by atoms with van der Waals surface area (Å²) < 4.78 is 0. The van der Waals surface area contributed by atoms with Crippen molar-refractivity contribution >= 4 is 11.6 Å². The van der Waals surface area contributed by atoms with Gasteiger partial charge in [0.05, 0.1) is 0 Å². The second kappa shape index (κ2) is 7.35. The zero-order valence-corrected chi connectivity index (χ0v) is 14.9. The largest absolute Gasteiger partial charge is 0.366 e. The summed E-state index contributed by atoms with van der Waals surface area (Å²) in [4.78, 5) is 18.4. The molecule has 0 unspecified atom stereocenters. The Labute approximate surface area is 149 Å². The highest BCUT2D eigenvalue weighted by Gasteiger charge is 2.26. The van der Waals surface area contributed by atoms with Gasteiger partial charge in [0.15, 0.2) is 0 Å². The minimum Gasteiger partial charge on any atom is -0.366 e. The van der Waals surface area contributed by atoms with E-state index in [0.717, 1.165) is 56.7 Å². The zero-order valence-electron chi connectivity index (χ0n) is 14.9. The molecule has 0 atom stereocenters. The molecule has 2 aromatic rings. The van der Waals surface area contributed by atoms with Gasteiger partial charge in [0.25, 0.3) is 0 Å². The van der Waals surface area contributed by atoms with Crippen LogP contribution in [0.25, 0.3) is 0 Å². The number of hydrogen-bond donors (Lipinski definition) is 1. The Morgan fingerprint density at radius 1 is 1.08 bits per heavy atom. The van der Waals surface area contributed by atoms with Crippen molar-refractivity contribution in [3.8, 4) is 0 Å². The summed E-state index contributed by atoms with van der Waals surface area (Å²) in [5.74, 6) is 3.55. The molecular weight excluding hydrogens is 312 g/mol. The summed E-state index contributed by atoms with van der Waals surface area (Å²) in [6, 6.07) is 6.21. The molecule has 2 aliphatic rings. The monoisotopic (exact) mass is 338 g/mol. The van der Waals surface area contributed by atoms with E-state index in [1.54, 1.807) is 0 Å². The summed E-state index contributed by atoms with van der Waals surface area (Å²) >= 11 is 0. The molecule has 1 aliphatic heterocycles. The molecule has 132 valence electrons. The fourth-order valence-corrected chi connectivity index (χ4v) is 3.24. The topological polar surface area (TPSA) is 57.2 Å². The molecule has 0 bridgehead atoms. The molecule has 6 nitrogen and oxygen atoms in total. The molecule has 1 aliphatic carbocycles. The average molecular weight is 338 g/mol. The fraction of sp³-hybridized carbons (Fsp3) is 0.526. The molecule has 2 fully saturated rings. The first-order valence-electron chi connectivity index (χ1n) is 9.31. The van der Waals surface area contributed by atoms with E-state index in [-0.39, 0.29) is 0 Å². The van der Waals surface area contributed by atoms with Crippen molar-refractivity contribution in [1.82, 2.24) is 19.9 Å². The maximum atomic E-state index is 4.63. The maximum absolute atomic E-state index is 4.63. The molecule has 0 radical (unpaired) electrons. The van der Waals surface area contributed by atoms with Crippen LogP contribution in [0.1, 0.15) is 37.1 Å². The third kappa shape index (κ3) is 4.07. The van der Waals surface area contributed by atoms with Gasteiger partial charge in [0.1, 0.15) is 17.5 Å². The van der Waals surface area contributed by atoms with Crippen LogP contribution >= 0.6 is 0 Å². The van der Waals surface area contributed by atoms with Crippen LogP contribution in [-0.2, 0) is 6.54 Å². The SMILES string of the molecule is CCN1CCN(c2cc(CNc3ccnc(C4CC4)n3)ccn2)CC1. The average Bonchev–Trinajstić information content (AvgIpc) is 3.52. The van der Waals surface area contributed by atoms with E-state index in [2.05, 4.69) is 49.1 Å². The Morgan fingerprint density at radius 3 is 2.64 bits per heavy atom. The Bertz CT molecular complexity index is 707. The van der Waals surface area contributed by atoms with Crippen LogP contribution in [0.5, 0.6) is 0 Å². The lowest BCUT2D eigenvalue weighted by molar-refractivity contribution is 0.270. The lowest BCUT2D eigenvalue weighted by Gasteiger charge is -2.34. The first-order valence-corrected chi connectivity index (χ1v) is 9.31. The van der Waals surface area contributed by atoms with Crippen LogP contribution in [0.3, 0.4) is 0 Å². The first kappa shape index (κ1) is 16.3. The highest BCUT2D eigenvalue weighted by Crippen LogP contribution is 2.38. The molecule has 2 aromatic heterocycles. The number of nitrogens with zero attached hydrogens (tertiary/aromatic N) is 5. The lowest BCUT2D eigenvalue weighted by Crippen LogP contribution is -2.46. The Hall–Kier alpha value is -2.21. The highest BCUT2D eigenvalue weighted by atomic mass is 15.3. The van der Waals surface area contributed by atoms with Crippen molar-refractivity contribution in [3.05, 3.63) is 42.0 Å². The molecule has 3 heterocycles. The van der Waals surface area contributed by atoms with Crippen molar-refractivity contribution in [2.24, 2.45) is 0 Å². The smallest absolute Gasteiger partial charge is 0.133 e. The number of rotatable bonds is 6. The molecule has 4 rings (SSSR count). The highest BCUT2D eigenvalue weighted by molar-refractivity contribution is 5.43. The summed E-state index contributed by atoms with van der Waals surface area (Å²) in [6.45, 7) is 8.44. The van der Waals surface area contributed by atoms with E-state index >= 15 is 0 Å². The van der Waals surface area contributed by atoms with Crippen molar-refractivity contribution in [2.75, 3.05) is 42.9 Å². The van der Waals surface area contributed by atoms with Crippen molar-refractivity contribution < 1.29 is 0 Å². The summed E-state index contributed by atoms with van der Waals surface area (Å²) in [5.41, 5.74) is 1.23. The van der Waals surface area contributed by atoms with Crippen LogP contribution in [-0.4, -0.2) is 52.6 Å². The normalized spacial score (nSPS) is 18.4. The molecule has 25 heavy (non-hydrogen) atoms. The predicted octanol–water partition coefficient (Wildman–Crippen LogP) is 2.50. The minimum absolute atomic E-state index is 0.580. The number of piperazine rings is 1. The Balaban J connectivity index is 1.37. The molecule has 6 heteroatoms. The number of anilines is 2. The first-order chi connectivity index (χ1) is 12.3. The summed E-state index contributed by atoms with van der Waals surface area (Å²) in [5, 5.41) is 3.42. The van der Waals surface area contributed by atoms with Gasteiger partial charge in [-0.3, -0.25) is 0 Å². The van der Waals surface area contributed by atoms with E-state index in [0.29, 0.717) is 5.92 Å². The number of likely N-dealkylation sites (N-methyl/N-ethyl adjacent to an activating group) is 1. The standard InChI is InChI=1S/C19H26N6/c1-2-24-9-11-25(12-10-24)18-13-15(5-7-20-18)14-22-17-6-8-21-19(23-17)16-3-4-16/h5-8,13,16H,2-4,9-12,14H2,1H3,(H,21,22,23). The quantitative estimate of drug-likeness (QED) is 0.873. The van der Waals surface area contributed by atoms with Crippen LogP contribution in [0.2, 0.25) is 0 Å². The Kier molecular flexibility index (Phi) is 4.78. The van der Waals surface area contributed by atoms with Crippen LogP contribution in [0.15, 0.2) is 30.6 Å². The predicted molar refractivity (Wildman–Crippen MR) is 99.9 cm³/mol. The number of nitrogens with one attached hydrogen (secondary N) is 1. The van der Waals surface area contributed by atoms with Crippen LogP contribution < -0.4 is 10.2 Å². The van der Waals surface area contributed by atoms with Gasteiger partial charge < -0.3 is 15.1 Å². The van der Waals surface area contributed by atoms with Gasteiger partial charge >= 0.3 is 0 Å². The van der Waals surface area contributed by atoms with Crippen molar-refractivity contribution in [1.29, 1.82) is 0 Å². The lowest BCUT2D eigenvalue weighted by atomic mass is 10.2. The van der Waals surface area contributed by atoms with Crippen molar-refractivity contribution in [3.63, 3.8) is 0 Å². The summed E-state index contributed by atoms with van der Waals surface area (Å²) in [6.07, 6.45) is 6.22. The van der Waals surface area contributed by atoms with Gasteiger partial charge in [-0.05, 0) is 43.1 Å². The van der Waals surface area contributed by atoms with Gasteiger partial charge in [-0.2, -0.15) is 0 Å². The minimum atomic E-state index is 0.580. The van der Waals surface area contributed by atoms with Gasteiger partial charge in [-0.1, -0.05) is 6.92 Å². The van der Waals surface area contributed by atoms with E-state index in [1.165, 1.54) is 18.4 Å².